The molecular formula is C15H27N3. The summed E-state index contributed by atoms with van der Waals surface area (Å²) in [5, 5.41) is 8.19. The number of aromatic nitrogens is 2. The molecule has 0 aromatic carbocycles. The van der Waals surface area contributed by atoms with Crippen molar-refractivity contribution in [3.8, 4) is 0 Å². The van der Waals surface area contributed by atoms with E-state index in [1.54, 1.807) is 0 Å². The van der Waals surface area contributed by atoms with Gasteiger partial charge < -0.3 is 5.32 Å². The SMILES string of the molecule is CCNC(Cc1cc(C)nn1CC)CC1CCC1. The first kappa shape index (κ1) is 13.6. The second-order valence-corrected chi connectivity index (χ2v) is 5.58. The fraction of sp³-hybridized carbons (Fsp3) is 0.800. The molecule has 102 valence electrons. The number of likely N-dealkylation sites (N-methyl/N-ethyl adjacent to an activating group) is 1. The highest BCUT2D eigenvalue weighted by Gasteiger charge is 2.22. The van der Waals surface area contributed by atoms with Crippen molar-refractivity contribution in [1.29, 1.82) is 0 Å². The van der Waals surface area contributed by atoms with E-state index in [0.29, 0.717) is 6.04 Å². The Bertz CT molecular complexity index is 366. The molecule has 0 amide bonds. The van der Waals surface area contributed by atoms with Crippen LogP contribution < -0.4 is 5.32 Å². The van der Waals surface area contributed by atoms with Gasteiger partial charge in [-0.25, -0.2) is 0 Å². The first-order chi connectivity index (χ1) is 8.72. The quantitative estimate of drug-likeness (QED) is 0.805. The zero-order valence-electron chi connectivity index (χ0n) is 12.1. The number of hydrogen-bond acceptors (Lipinski definition) is 2. The van der Waals surface area contributed by atoms with Crippen molar-refractivity contribution < 1.29 is 0 Å². The molecule has 1 aliphatic rings. The predicted octanol–water partition coefficient (Wildman–Crippen LogP) is 2.92. The van der Waals surface area contributed by atoms with E-state index in [9.17, 15) is 0 Å². The third-order valence-electron chi connectivity index (χ3n) is 4.08. The fourth-order valence-electron chi connectivity index (χ4n) is 2.95. The van der Waals surface area contributed by atoms with Crippen molar-refractivity contribution in [2.75, 3.05) is 6.54 Å². The maximum atomic E-state index is 4.54. The summed E-state index contributed by atoms with van der Waals surface area (Å²) in [6, 6.07) is 2.87. The van der Waals surface area contributed by atoms with Crippen LogP contribution in [0, 0.1) is 12.8 Å². The molecule has 1 aromatic heterocycles. The first-order valence-corrected chi connectivity index (χ1v) is 7.49. The van der Waals surface area contributed by atoms with Crippen LogP contribution in [0.25, 0.3) is 0 Å². The van der Waals surface area contributed by atoms with Crippen molar-refractivity contribution in [3.05, 3.63) is 17.5 Å². The van der Waals surface area contributed by atoms with Crippen LogP contribution in [0.2, 0.25) is 0 Å². The van der Waals surface area contributed by atoms with E-state index >= 15 is 0 Å². The summed E-state index contributed by atoms with van der Waals surface area (Å²) in [5.74, 6) is 0.966. The maximum absolute atomic E-state index is 4.54. The molecule has 1 atom stereocenters. The smallest absolute Gasteiger partial charge is 0.0596 e. The molecule has 1 N–H and O–H groups in total. The minimum absolute atomic E-state index is 0.627. The van der Waals surface area contributed by atoms with Crippen molar-refractivity contribution in [1.82, 2.24) is 15.1 Å². The minimum Gasteiger partial charge on any atom is -0.314 e. The molecule has 1 aromatic rings. The lowest BCUT2D eigenvalue weighted by molar-refractivity contribution is 0.258. The number of nitrogens with zero attached hydrogens (tertiary/aromatic N) is 2. The largest absolute Gasteiger partial charge is 0.314 e. The first-order valence-electron chi connectivity index (χ1n) is 7.49. The van der Waals surface area contributed by atoms with Gasteiger partial charge in [0, 0.05) is 24.7 Å². The molecule has 1 fully saturated rings. The molecule has 0 bridgehead atoms. The van der Waals surface area contributed by atoms with E-state index in [2.05, 4.69) is 41.9 Å². The van der Waals surface area contributed by atoms with Gasteiger partial charge in [0.25, 0.3) is 0 Å². The summed E-state index contributed by atoms with van der Waals surface area (Å²) in [6.07, 6.45) is 6.78. The predicted molar refractivity (Wildman–Crippen MR) is 75.8 cm³/mol. The molecular weight excluding hydrogens is 222 g/mol. The number of rotatable bonds is 7. The third kappa shape index (κ3) is 3.35. The van der Waals surface area contributed by atoms with E-state index in [1.165, 1.54) is 31.4 Å². The van der Waals surface area contributed by atoms with Crippen molar-refractivity contribution in [2.45, 2.75) is 65.5 Å². The molecule has 3 nitrogen and oxygen atoms in total. The zero-order chi connectivity index (χ0) is 13.0. The molecule has 0 aliphatic heterocycles. The van der Waals surface area contributed by atoms with E-state index in [0.717, 1.165) is 31.1 Å². The second kappa shape index (κ2) is 6.37. The minimum atomic E-state index is 0.627. The average molecular weight is 249 g/mol. The lowest BCUT2D eigenvalue weighted by Crippen LogP contribution is -2.35. The molecule has 1 heterocycles. The van der Waals surface area contributed by atoms with Crippen molar-refractivity contribution >= 4 is 0 Å². The Kier molecular flexibility index (Phi) is 4.81. The van der Waals surface area contributed by atoms with Gasteiger partial charge >= 0.3 is 0 Å². The zero-order valence-corrected chi connectivity index (χ0v) is 12.1. The van der Waals surface area contributed by atoms with Crippen LogP contribution in [0.5, 0.6) is 0 Å². The van der Waals surface area contributed by atoms with Crippen LogP contribution in [0.4, 0.5) is 0 Å². The van der Waals surface area contributed by atoms with Crippen LogP contribution in [0.1, 0.15) is 50.9 Å². The van der Waals surface area contributed by atoms with Crippen molar-refractivity contribution in [3.63, 3.8) is 0 Å². The Balaban J connectivity index is 1.97. The van der Waals surface area contributed by atoms with Gasteiger partial charge in [-0.1, -0.05) is 26.2 Å². The molecule has 1 aliphatic carbocycles. The Morgan fingerprint density at radius 3 is 2.78 bits per heavy atom. The van der Waals surface area contributed by atoms with Gasteiger partial charge in [0.15, 0.2) is 0 Å². The van der Waals surface area contributed by atoms with Crippen LogP contribution in [0.3, 0.4) is 0 Å². The summed E-state index contributed by atoms with van der Waals surface area (Å²) >= 11 is 0. The van der Waals surface area contributed by atoms with Crippen LogP contribution in [-0.4, -0.2) is 22.4 Å². The Hall–Kier alpha value is -0.830. The lowest BCUT2D eigenvalue weighted by atomic mass is 9.80. The Morgan fingerprint density at radius 2 is 2.22 bits per heavy atom. The molecule has 2 rings (SSSR count). The number of nitrogens with one attached hydrogen (secondary N) is 1. The van der Waals surface area contributed by atoms with E-state index in [1.807, 2.05) is 0 Å². The second-order valence-electron chi connectivity index (χ2n) is 5.58. The lowest BCUT2D eigenvalue weighted by Gasteiger charge is -2.30. The Morgan fingerprint density at radius 1 is 1.44 bits per heavy atom. The molecule has 3 heteroatoms. The number of aryl methyl sites for hydroxylation is 2. The van der Waals surface area contributed by atoms with Gasteiger partial charge in [-0.15, -0.1) is 0 Å². The van der Waals surface area contributed by atoms with Crippen LogP contribution in [-0.2, 0) is 13.0 Å². The highest BCUT2D eigenvalue weighted by molar-refractivity contribution is 5.10. The van der Waals surface area contributed by atoms with Crippen LogP contribution in [0.15, 0.2) is 6.07 Å². The normalized spacial score (nSPS) is 17.7. The van der Waals surface area contributed by atoms with E-state index in [4.69, 9.17) is 0 Å². The molecule has 1 unspecified atom stereocenters. The highest BCUT2D eigenvalue weighted by atomic mass is 15.3. The summed E-state index contributed by atoms with van der Waals surface area (Å²) in [5.41, 5.74) is 2.53. The monoisotopic (exact) mass is 249 g/mol. The summed E-state index contributed by atoms with van der Waals surface area (Å²) < 4.78 is 2.15. The van der Waals surface area contributed by atoms with Gasteiger partial charge in [-0.05, 0) is 38.8 Å². The third-order valence-corrected chi connectivity index (χ3v) is 4.08. The summed E-state index contributed by atoms with van der Waals surface area (Å²) in [6.45, 7) is 8.51. The molecule has 0 spiro atoms. The summed E-state index contributed by atoms with van der Waals surface area (Å²) in [4.78, 5) is 0. The molecule has 0 radical (unpaired) electrons. The van der Waals surface area contributed by atoms with Crippen LogP contribution >= 0.6 is 0 Å². The van der Waals surface area contributed by atoms with Gasteiger partial charge in [0.1, 0.15) is 0 Å². The molecule has 1 saturated carbocycles. The fourth-order valence-corrected chi connectivity index (χ4v) is 2.95. The van der Waals surface area contributed by atoms with E-state index < -0.39 is 0 Å². The van der Waals surface area contributed by atoms with Gasteiger partial charge in [-0.2, -0.15) is 5.10 Å². The maximum Gasteiger partial charge on any atom is 0.0596 e. The topological polar surface area (TPSA) is 29.9 Å². The molecule has 0 saturated heterocycles. The molecule has 18 heavy (non-hydrogen) atoms. The van der Waals surface area contributed by atoms with Crippen molar-refractivity contribution in [2.24, 2.45) is 5.92 Å². The van der Waals surface area contributed by atoms with E-state index in [-0.39, 0.29) is 0 Å². The average Bonchev–Trinajstić information content (AvgIpc) is 2.64. The van der Waals surface area contributed by atoms with Gasteiger partial charge in [0.2, 0.25) is 0 Å². The number of hydrogen-bond donors (Lipinski definition) is 1. The standard InChI is InChI=1S/C15H27N3/c1-4-16-14(10-13-7-6-8-13)11-15-9-12(3)17-18(15)5-2/h9,13-14,16H,4-8,10-11H2,1-3H3. The highest BCUT2D eigenvalue weighted by Crippen LogP contribution is 2.31. The van der Waals surface area contributed by atoms with Gasteiger partial charge in [0.05, 0.1) is 5.69 Å². The summed E-state index contributed by atoms with van der Waals surface area (Å²) in [7, 11) is 0. The Labute approximate surface area is 111 Å². The van der Waals surface area contributed by atoms with Gasteiger partial charge in [-0.3, -0.25) is 4.68 Å².